The largest absolute Gasteiger partial charge is 0.497 e. The summed E-state index contributed by atoms with van der Waals surface area (Å²) in [4.78, 5) is 0. The average Bonchev–Trinajstić information content (AvgIpc) is 2.72. The second-order valence-corrected chi connectivity index (χ2v) is 9.54. The van der Waals surface area contributed by atoms with Gasteiger partial charge in [0.05, 0.1) is 31.7 Å². The Morgan fingerprint density at radius 2 is 1.83 bits per heavy atom. The molecule has 5 nitrogen and oxygen atoms in total. The number of rotatable bonds is 10. The minimum Gasteiger partial charge on any atom is -0.497 e. The fourth-order valence-electron chi connectivity index (χ4n) is 2.91. The molecule has 0 radical (unpaired) electrons. The zero-order chi connectivity index (χ0) is 22.1. The molecule has 0 heterocycles. The molecule has 0 aliphatic rings. The molecule has 0 fully saturated rings. The summed E-state index contributed by atoms with van der Waals surface area (Å²) >= 11 is 3.51. The molecule has 0 aliphatic carbocycles. The van der Waals surface area contributed by atoms with Crippen molar-refractivity contribution < 1.29 is 22.1 Å². The Labute approximate surface area is 188 Å². The Balaban J connectivity index is 2.29. The van der Waals surface area contributed by atoms with E-state index in [-0.39, 0.29) is 5.75 Å². The zero-order valence-electron chi connectivity index (χ0n) is 17.6. The minimum atomic E-state index is -3.56. The van der Waals surface area contributed by atoms with Crippen molar-refractivity contribution in [2.45, 2.75) is 46.0 Å². The van der Waals surface area contributed by atoms with E-state index in [1.54, 1.807) is 27.9 Å². The summed E-state index contributed by atoms with van der Waals surface area (Å²) in [5.41, 5.74) is 2.70. The van der Waals surface area contributed by atoms with Crippen molar-refractivity contribution in [3.63, 3.8) is 0 Å². The molecule has 0 saturated carbocycles. The van der Waals surface area contributed by atoms with E-state index in [1.165, 1.54) is 0 Å². The molecular formula is C23H27BrO5S. The summed E-state index contributed by atoms with van der Waals surface area (Å²) in [5, 5.41) is 0. The van der Waals surface area contributed by atoms with Crippen LogP contribution < -0.4 is 4.74 Å². The van der Waals surface area contributed by atoms with Crippen LogP contribution in [0, 0.1) is 11.8 Å². The lowest BCUT2D eigenvalue weighted by Crippen LogP contribution is -2.21. The normalized spacial score (nSPS) is 13.2. The highest BCUT2D eigenvalue weighted by atomic mass is 79.9. The van der Waals surface area contributed by atoms with Gasteiger partial charge in [-0.15, -0.1) is 5.92 Å². The molecule has 2 rings (SSSR count). The third-order valence-corrected chi connectivity index (χ3v) is 6.26. The molecule has 30 heavy (non-hydrogen) atoms. The summed E-state index contributed by atoms with van der Waals surface area (Å²) < 4.78 is 41.4. The van der Waals surface area contributed by atoms with Crippen LogP contribution in [0.25, 0.3) is 0 Å². The van der Waals surface area contributed by atoms with Gasteiger partial charge >= 0.3 is 0 Å². The molecule has 2 atom stereocenters. The average molecular weight is 495 g/mol. The van der Waals surface area contributed by atoms with Crippen molar-refractivity contribution in [1.82, 2.24) is 0 Å². The lowest BCUT2D eigenvalue weighted by atomic mass is 9.98. The van der Waals surface area contributed by atoms with E-state index in [0.717, 1.165) is 26.9 Å². The molecule has 0 bridgehead atoms. The van der Waals surface area contributed by atoms with Crippen molar-refractivity contribution in [3.05, 3.63) is 63.6 Å². The lowest BCUT2D eigenvalue weighted by molar-refractivity contribution is 0.0121. The monoisotopic (exact) mass is 494 g/mol. The summed E-state index contributed by atoms with van der Waals surface area (Å²) in [6.07, 6.45) is -0.579. The number of ether oxygens (including phenoxy) is 2. The second-order valence-electron chi connectivity index (χ2n) is 6.74. The summed E-state index contributed by atoms with van der Waals surface area (Å²) in [6.45, 7) is 5.43. The Morgan fingerprint density at radius 1 is 1.13 bits per heavy atom. The van der Waals surface area contributed by atoms with Crippen LogP contribution in [0.15, 0.2) is 46.9 Å². The van der Waals surface area contributed by atoms with E-state index in [0.29, 0.717) is 13.0 Å². The van der Waals surface area contributed by atoms with Crippen LogP contribution in [0.2, 0.25) is 0 Å². The Bertz CT molecular complexity index is 990. The first-order valence-corrected chi connectivity index (χ1v) is 12.0. The number of benzene rings is 2. The Hall–Kier alpha value is -1.85. The standard InChI is InChI=1S/C23H27BrO5S/c1-5-7-19-10-11-20(24)15-22(19)23(14-17(3)29-30(25,26)6-2)28-16-18-8-12-21(27-4)13-9-18/h8-13,15,17,23H,6,14,16H2,1-4H3. The van der Waals surface area contributed by atoms with Crippen LogP contribution in [0.5, 0.6) is 5.75 Å². The molecule has 0 N–H and O–H groups in total. The van der Waals surface area contributed by atoms with Gasteiger partial charge in [0.2, 0.25) is 0 Å². The number of methoxy groups -OCH3 is 1. The molecule has 0 aromatic heterocycles. The van der Waals surface area contributed by atoms with Crippen LogP contribution in [-0.2, 0) is 25.6 Å². The Kier molecular flexibility index (Phi) is 9.37. The number of halogens is 1. The molecule has 0 aliphatic heterocycles. The van der Waals surface area contributed by atoms with Gasteiger partial charge in [-0.2, -0.15) is 8.42 Å². The molecular weight excluding hydrogens is 468 g/mol. The molecule has 0 saturated heterocycles. The highest BCUT2D eigenvalue weighted by Gasteiger charge is 2.23. The van der Waals surface area contributed by atoms with E-state index in [2.05, 4.69) is 27.8 Å². The van der Waals surface area contributed by atoms with E-state index >= 15 is 0 Å². The van der Waals surface area contributed by atoms with Gasteiger partial charge in [-0.1, -0.05) is 34.0 Å². The van der Waals surface area contributed by atoms with Crippen LogP contribution in [-0.4, -0.2) is 27.4 Å². The summed E-state index contributed by atoms with van der Waals surface area (Å²) in [5.74, 6) is 6.73. The van der Waals surface area contributed by atoms with Gasteiger partial charge in [-0.25, -0.2) is 0 Å². The SMILES string of the molecule is CC#Cc1ccc(Br)cc1C(CC(C)OS(=O)(=O)CC)OCc1ccc(OC)cc1. The van der Waals surface area contributed by atoms with Crippen molar-refractivity contribution in [2.24, 2.45) is 0 Å². The van der Waals surface area contributed by atoms with Crippen LogP contribution in [0.1, 0.15) is 50.0 Å². The summed E-state index contributed by atoms with van der Waals surface area (Å²) in [7, 11) is -1.93. The van der Waals surface area contributed by atoms with Crippen LogP contribution in [0.4, 0.5) is 0 Å². The predicted octanol–water partition coefficient (Wildman–Crippen LogP) is 5.23. The molecule has 162 valence electrons. The third kappa shape index (κ3) is 7.44. The first-order valence-electron chi connectivity index (χ1n) is 9.65. The molecule has 2 aromatic rings. The van der Waals surface area contributed by atoms with Gasteiger partial charge in [0.15, 0.2) is 0 Å². The smallest absolute Gasteiger partial charge is 0.267 e. The van der Waals surface area contributed by atoms with Gasteiger partial charge < -0.3 is 9.47 Å². The van der Waals surface area contributed by atoms with E-state index < -0.39 is 22.3 Å². The fraction of sp³-hybridized carbons (Fsp3) is 0.391. The first-order chi connectivity index (χ1) is 14.3. The van der Waals surface area contributed by atoms with Gasteiger partial charge in [0, 0.05) is 16.5 Å². The third-order valence-electron chi connectivity index (χ3n) is 4.44. The van der Waals surface area contributed by atoms with Crippen molar-refractivity contribution in [3.8, 4) is 17.6 Å². The van der Waals surface area contributed by atoms with Crippen LogP contribution >= 0.6 is 15.9 Å². The van der Waals surface area contributed by atoms with E-state index in [4.69, 9.17) is 13.7 Å². The molecule has 7 heteroatoms. The summed E-state index contributed by atoms with van der Waals surface area (Å²) in [6, 6.07) is 13.4. The highest BCUT2D eigenvalue weighted by molar-refractivity contribution is 9.10. The fourth-order valence-corrected chi connectivity index (χ4v) is 4.00. The molecule has 2 aromatic carbocycles. The van der Waals surface area contributed by atoms with Gasteiger partial charge in [0.1, 0.15) is 5.75 Å². The highest BCUT2D eigenvalue weighted by Crippen LogP contribution is 2.31. The number of hydrogen-bond donors (Lipinski definition) is 0. The Morgan fingerprint density at radius 3 is 2.43 bits per heavy atom. The van der Waals surface area contributed by atoms with Crippen molar-refractivity contribution in [2.75, 3.05) is 12.9 Å². The maximum Gasteiger partial charge on any atom is 0.267 e. The maximum absolute atomic E-state index is 11.9. The zero-order valence-corrected chi connectivity index (χ0v) is 20.0. The minimum absolute atomic E-state index is 0.0713. The van der Waals surface area contributed by atoms with Crippen molar-refractivity contribution in [1.29, 1.82) is 0 Å². The lowest BCUT2D eigenvalue weighted by Gasteiger charge is -2.23. The van der Waals surface area contributed by atoms with Crippen molar-refractivity contribution >= 4 is 26.0 Å². The van der Waals surface area contributed by atoms with Gasteiger partial charge in [-0.3, -0.25) is 4.18 Å². The molecule has 2 unspecified atom stereocenters. The van der Waals surface area contributed by atoms with E-state index in [1.807, 2.05) is 42.5 Å². The van der Waals surface area contributed by atoms with Gasteiger partial charge in [-0.05, 0) is 62.2 Å². The number of hydrogen-bond acceptors (Lipinski definition) is 5. The second kappa shape index (κ2) is 11.5. The van der Waals surface area contributed by atoms with E-state index in [9.17, 15) is 8.42 Å². The molecule has 0 amide bonds. The molecule has 0 spiro atoms. The van der Waals surface area contributed by atoms with Gasteiger partial charge in [0.25, 0.3) is 10.1 Å². The maximum atomic E-state index is 11.9. The van der Waals surface area contributed by atoms with Crippen LogP contribution in [0.3, 0.4) is 0 Å². The topological polar surface area (TPSA) is 61.8 Å². The quantitative estimate of drug-likeness (QED) is 0.334. The first kappa shape index (κ1) is 24.4. The predicted molar refractivity (Wildman–Crippen MR) is 122 cm³/mol.